The molecule has 3 heteroatoms. The quantitative estimate of drug-likeness (QED) is 0.666. The first kappa shape index (κ1) is 7.55. The summed E-state index contributed by atoms with van der Waals surface area (Å²) in [6, 6.07) is 8.21. The molecule has 2 nitrogen and oxygen atoms in total. The van der Waals surface area contributed by atoms with E-state index in [0.717, 1.165) is 5.52 Å². The highest BCUT2D eigenvalue weighted by atomic mass is 32.1. The van der Waals surface area contributed by atoms with E-state index in [2.05, 4.69) is 15.3 Å². The average molecular weight is 178 g/mol. The van der Waals surface area contributed by atoms with Gasteiger partial charge in [-0.2, -0.15) is 4.37 Å². The van der Waals surface area contributed by atoms with Crippen molar-refractivity contribution in [2.45, 2.75) is 0 Å². The van der Waals surface area contributed by atoms with Gasteiger partial charge in [-0.1, -0.05) is 12.1 Å². The van der Waals surface area contributed by atoms with Gasteiger partial charge in [0.05, 0.1) is 5.52 Å². The molecule has 12 heavy (non-hydrogen) atoms. The first-order chi connectivity index (χ1) is 5.79. The summed E-state index contributed by atoms with van der Waals surface area (Å²) in [4.78, 5) is 2.10. The van der Waals surface area contributed by atoms with Gasteiger partial charge in [-0.05, 0) is 23.7 Å². The molecule has 0 aliphatic carbocycles. The minimum atomic E-state index is 1.09. The number of nitrogens with zero attached hydrogens (tertiary/aromatic N) is 2. The van der Waals surface area contributed by atoms with Gasteiger partial charge < -0.3 is 4.90 Å². The summed E-state index contributed by atoms with van der Waals surface area (Å²) < 4.78 is 4.34. The van der Waals surface area contributed by atoms with Gasteiger partial charge in [0, 0.05) is 19.5 Å². The molecule has 0 atom stereocenters. The van der Waals surface area contributed by atoms with E-state index in [-0.39, 0.29) is 0 Å². The minimum absolute atomic E-state index is 1.09. The minimum Gasteiger partial charge on any atom is -0.368 e. The van der Waals surface area contributed by atoms with E-state index in [4.69, 9.17) is 0 Å². The standard InChI is InChI=1S/C9H10N2S/c1-11(2)9-7-5-3-4-6-8(7)10-12-9/h3-6H,1-2H3. The van der Waals surface area contributed by atoms with Crippen LogP contribution < -0.4 is 4.90 Å². The molecule has 62 valence electrons. The molecule has 2 aromatic rings. The SMILES string of the molecule is CN(C)c1snc2ccccc12. The number of benzene rings is 1. The highest BCUT2D eigenvalue weighted by Gasteiger charge is 2.05. The van der Waals surface area contributed by atoms with E-state index in [0.29, 0.717) is 0 Å². The summed E-state index contributed by atoms with van der Waals surface area (Å²) in [6.45, 7) is 0. The Morgan fingerprint density at radius 3 is 2.75 bits per heavy atom. The third kappa shape index (κ3) is 1.06. The molecular weight excluding hydrogens is 168 g/mol. The molecule has 0 radical (unpaired) electrons. The van der Waals surface area contributed by atoms with Gasteiger partial charge in [0.25, 0.3) is 0 Å². The van der Waals surface area contributed by atoms with Crippen molar-refractivity contribution < 1.29 is 0 Å². The van der Waals surface area contributed by atoms with Gasteiger partial charge >= 0.3 is 0 Å². The van der Waals surface area contributed by atoms with Crippen molar-refractivity contribution in [3.05, 3.63) is 24.3 Å². The summed E-state index contributed by atoms with van der Waals surface area (Å²) in [7, 11) is 4.08. The fourth-order valence-corrected chi connectivity index (χ4v) is 1.98. The predicted octanol–water partition coefficient (Wildman–Crippen LogP) is 2.36. The van der Waals surface area contributed by atoms with Crippen molar-refractivity contribution in [2.75, 3.05) is 19.0 Å². The second-order valence-corrected chi connectivity index (χ2v) is 3.65. The Morgan fingerprint density at radius 1 is 1.25 bits per heavy atom. The summed E-state index contributed by atoms with van der Waals surface area (Å²) in [5.41, 5.74) is 1.09. The van der Waals surface area contributed by atoms with Crippen LogP contribution in [0.15, 0.2) is 24.3 Å². The molecule has 0 aliphatic heterocycles. The van der Waals surface area contributed by atoms with Crippen LogP contribution in [0.5, 0.6) is 0 Å². The van der Waals surface area contributed by atoms with Gasteiger partial charge in [0.1, 0.15) is 5.00 Å². The Morgan fingerprint density at radius 2 is 2.00 bits per heavy atom. The fourth-order valence-electron chi connectivity index (χ4n) is 1.20. The zero-order valence-electron chi connectivity index (χ0n) is 7.11. The number of hydrogen-bond acceptors (Lipinski definition) is 3. The normalized spacial score (nSPS) is 10.5. The third-order valence-corrected chi connectivity index (χ3v) is 2.82. The molecule has 0 saturated heterocycles. The first-order valence-corrected chi connectivity index (χ1v) is 4.58. The predicted molar refractivity (Wildman–Crippen MR) is 53.9 cm³/mol. The highest BCUT2D eigenvalue weighted by Crippen LogP contribution is 2.28. The van der Waals surface area contributed by atoms with Gasteiger partial charge in [0.15, 0.2) is 0 Å². The number of rotatable bonds is 1. The van der Waals surface area contributed by atoms with Crippen molar-refractivity contribution >= 4 is 27.4 Å². The van der Waals surface area contributed by atoms with Crippen LogP contribution in [-0.4, -0.2) is 18.5 Å². The molecule has 0 N–H and O–H groups in total. The number of anilines is 1. The summed E-state index contributed by atoms with van der Waals surface area (Å²) in [6.07, 6.45) is 0. The Hall–Kier alpha value is -1.09. The second-order valence-electron chi connectivity index (χ2n) is 2.90. The summed E-state index contributed by atoms with van der Waals surface area (Å²) in [5.74, 6) is 0. The number of hydrogen-bond donors (Lipinski definition) is 0. The monoisotopic (exact) mass is 178 g/mol. The third-order valence-electron chi connectivity index (χ3n) is 1.77. The fraction of sp³-hybridized carbons (Fsp3) is 0.222. The van der Waals surface area contributed by atoms with Crippen LogP contribution in [0.1, 0.15) is 0 Å². The van der Waals surface area contributed by atoms with Crippen LogP contribution in [0.3, 0.4) is 0 Å². The lowest BCUT2D eigenvalue weighted by atomic mass is 10.2. The molecule has 1 heterocycles. The van der Waals surface area contributed by atoms with Crippen molar-refractivity contribution in [3.8, 4) is 0 Å². The maximum Gasteiger partial charge on any atom is 0.119 e. The van der Waals surface area contributed by atoms with Crippen molar-refractivity contribution in [3.63, 3.8) is 0 Å². The summed E-state index contributed by atoms with van der Waals surface area (Å²) >= 11 is 1.55. The van der Waals surface area contributed by atoms with Crippen LogP contribution >= 0.6 is 11.5 Å². The van der Waals surface area contributed by atoms with E-state index in [1.807, 2.05) is 32.3 Å². The van der Waals surface area contributed by atoms with Crippen LogP contribution in [0, 0.1) is 0 Å². The Balaban J connectivity index is 2.70. The molecular formula is C9H10N2S. The summed E-state index contributed by atoms with van der Waals surface area (Å²) in [5, 5.41) is 2.47. The lowest BCUT2D eigenvalue weighted by molar-refractivity contribution is 1.16. The van der Waals surface area contributed by atoms with E-state index < -0.39 is 0 Å². The molecule has 0 spiro atoms. The maximum absolute atomic E-state index is 4.34. The molecule has 0 fully saturated rings. The smallest absolute Gasteiger partial charge is 0.119 e. The number of aromatic nitrogens is 1. The van der Waals surface area contributed by atoms with Gasteiger partial charge in [-0.15, -0.1) is 0 Å². The molecule has 0 amide bonds. The Labute approximate surface area is 75.6 Å². The molecule has 0 aliphatic rings. The topological polar surface area (TPSA) is 16.1 Å². The van der Waals surface area contributed by atoms with Crippen LogP contribution in [0.4, 0.5) is 5.00 Å². The zero-order chi connectivity index (χ0) is 8.55. The van der Waals surface area contributed by atoms with Crippen LogP contribution in [-0.2, 0) is 0 Å². The molecule has 1 aromatic heterocycles. The number of fused-ring (bicyclic) bond motifs is 1. The van der Waals surface area contributed by atoms with Gasteiger partial charge in [0.2, 0.25) is 0 Å². The Bertz CT molecular complexity index is 392. The molecule has 0 bridgehead atoms. The van der Waals surface area contributed by atoms with E-state index in [9.17, 15) is 0 Å². The first-order valence-electron chi connectivity index (χ1n) is 3.81. The lowest BCUT2D eigenvalue weighted by Gasteiger charge is -2.07. The second kappa shape index (κ2) is 2.75. The van der Waals surface area contributed by atoms with Gasteiger partial charge in [-0.3, -0.25) is 0 Å². The van der Waals surface area contributed by atoms with Crippen molar-refractivity contribution in [1.82, 2.24) is 4.37 Å². The maximum atomic E-state index is 4.34. The van der Waals surface area contributed by atoms with Crippen molar-refractivity contribution in [1.29, 1.82) is 0 Å². The Kier molecular flexibility index (Phi) is 1.73. The van der Waals surface area contributed by atoms with E-state index >= 15 is 0 Å². The van der Waals surface area contributed by atoms with E-state index in [1.54, 1.807) is 11.5 Å². The highest BCUT2D eigenvalue weighted by molar-refractivity contribution is 7.11. The molecule has 1 aromatic carbocycles. The molecule has 0 unspecified atom stereocenters. The van der Waals surface area contributed by atoms with Crippen molar-refractivity contribution in [2.24, 2.45) is 0 Å². The van der Waals surface area contributed by atoms with Crippen LogP contribution in [0.25, 0.3) is 10.9 Å². The lowest BCUT2D eigenvalue weighted by Crippen LogP contribution is -2.06. The molecule has 0 saturated carbocycles. The zero-order valence-corrected chi connectivity index (χ0v) is 7.93. The largest absolute Gasteiger partial charge is 0.368 e. The van der Waals surface area contributed by atoms with Gasteiger partial charge in [-0.25, -0.2) is 0 Å². The van der Waals surface area contributed by atoms with Crippen LogP contribution in [0.2, 0.25) is 0 Å². The molecule has 2 rings (SSSR count). The van der Waals surface area contributed by atoms with E-state index in [1.165, 1.54) is 10.4 Å². The average Bonchev–Trinajstić information content (AvgIpc) is 2.47.